The van der Waals surface area contributed by atoms with E-state index in [2.05, 4.69) is 27.1 Å². The molecule has 27 heavy (non-hydrogen) atoms. The molecule has 2 amide bonds. The largest absolute Gasteiger partial charge is 0.322 e. The lowest BCUT2D eigenvalue weighted by Gasteiger charge is -2.29. The molecule has 5 nitrogen and oxygen atoms in total. The normalized spacial score (nSPS) is 14.4. The number of nitrogens with one attached hydrogen (secondary N) is 1. The molecule has 140 valence electrons. The molecule has 1 N–H and O–H groups in total. The molecule has 2 aromatic heterocycles. The van der Waals surface area contributed by atoms with Gasteiger partial charge in [0.15, 0.2) is 0 Å². The summed E-state index contributed by atoms with van der Waals surface area (Å²) in [5.41, 5.74) is 3.05. The first-order valence-corrected chi connectivity index (χ1v) is 10.3. The van der Waals surface area contributed by atoms with Crippen molar-refractivity contribution in [3.05, 3.63) is 64.9 Å². The van der Waals surface area contributed by atoms with Gasteiger partial charge in [0.05, 0.1) is 0 Å². The number of aryl methyl sites for hydroxylation is 1. The number of anilines is 1. The molecular formula is C21H24N4OS. The summed E-state index contributed by atoms with van der Waals surface area (Å²) in [5, 5.41) is 7.27. The molecular weight excluding hydrogens is 356 g/mol. The van der Waals surface area contributed by atoms with E-state index in [1.54, 1.807) is 17.5 Å². The molecule has 0 radical (unpaired) electrons. The third-order valence-electron chi connectivity index (χ3n) is 5.18. The summed E-state index contributed by atoms with van der Waals surface area (Å²) >= 11 is 1.68. The van der Waals surface area contributed by atoms with Crippen LogP contribution >= 0.6 is 11.3 Å². The predicted molar refractivity (Wildman–Crippen MR) is 109 cm³/mol. The highest BCUT2D eigenvalue weighted by Crippen LogP contribution is 2.26. The summed E-state index contributed by atoms with van der Waals surface area (Å²) in [5.74, 6) is 0.940. The predicted octanol–water partition coefficient (Wildman–Crippen LogP) is 5.22. The fourth-order valence-corrected chi connectivity index (χ4v) is 4.37. The Kier molecular flexibility index (Phi) is 5.25. The monoisotopic (exact) mass is 380 g/mol. The van der Waals surface area contributed by atoms with Crippen LogP contribution in [0.15, 0.2) is 53.5 Å². The fraction of sp³-hybridized carbons (Fsp3) is 0.333. The van der Waals surface area contributed by atoms with E-state index >= 15 is 0 Å². The maximum atomic E-state index is 13.0. The molecule has 0 aliphatic heterocycles. The van der Waals surface area contributed by atoms with Crippen LogP contribution in [0.25, 0.3) is 5.69 Å². The van der Waals surface area contributed by atoms with Crippen molar-refractivity contribution in [2.75, 3.05) is 5.32 Å². The van der Waals surface area contributed by atoms with Crippen LogP contribution in [0, 0.1) is 6.92 Å². The third kappa shape index (κ3) is 4.06. The van der Waals surface area contributed by atoms with E-state index < -0.39 is 0 Å². The molecule has 1 saturated carbocycles. The zero-order valence-corrected chi connectivity index (χ0v) is 16.3. The van der Waals surface area contributed by atoms with Crippen molar-refractivity contribution in [3.63, 3.8) is 0 Å². The second-order valence-electron chi connectivity index (χ2n) is 7.02. The number of carbonyl (C=O) groups excluding carboxylic acids is 1. The summed E-state index contributed by atoms with van der Waals surface area (Å²) in [6, 6.07) is 10.3. The van der Waals surface area contributed by atoms with Gasteiger partial charge in [0, 0.05) is 36.4 Å². The van der Waals surface area contributed by atoms with Gasteiger partial charge in [-0.2, -0.15) is 11.3 Å². The van der Waals surface area contributed by atoms with E-state index in [1.807, 2.05) is 46.9 Å². The Hall–Kier alpha value is -2.60. The van der Waals surface area contributed by atoms with Crippen LogP contribution in [0.4, 0.5) is 10.5 Å². The zero-order chi connectivity index (χ0) is 18.6. The van der Waals surface area contributed by atoms with Crippen molar-refractivity contribution in [1.82, 2.24) is 14.5 Å². The molecule has 1 aliphatic rings. The lowest BCUT2D eigenvalue weighted by atomic mass is 10.2. The number of hydrogen-bond donors (Lipinski definition) is 1. The minimum Gasteiger partial charge on any atom is -0.317 e. The quantitative estimate of drug-likeness (QED) is 0.660. The van der Waals surface area contributed by atoms with Gasteiger partial charge in [-0.05, 0) is 66.4 Å². The Balaban J connectivity index is 1.47. The number of nitrogens with zero attached hydrogens (tertiary/aromatic N) is 3. The molecule has 0 atom stereocenters. The van der Waals surface area contributed by atoms with Crippen molar-refractivity contribution in [2.45, 2.75) is 45.2 Å². The average molecular weight is 381 g/mol. The maximum Gasteiger partial charge on any atom is 0.322 e. The van der Waals surface area contributed by atoms with E-state index in [4.69, 9.17) is 0 Å². The highest BCUT2D eigenvalue weighted by molar-refractivity contribution is 7.07. The average Bonchev–Trinajstić information content (AvgIpc) is 3.43. The summed E-state index contributed by atoms with van der Waals surface area (Å²) < 4.78 is 2.02. The van der Waals surface area contributed by atoms with Gasteiger partial charge in [-0.15, -0.1) is 0 Å². The zero-order valence-electron chi connectivity index (χ0n) is 15.5. The van der Waals surface area contributed by atoms with E-state index in [9.17, 15) is 4.79 Å². The molecule has 1 aromatic carbocycles. The second kappa shape index (κ2) is 7.96. The van der Waals surface area contributed by atoms with Gasteiger partial charge in [-0.1, -0.05) is 12.8 Å². The van der Waals surface area contributed by atoms with Crippen LogP contribution < -0.4 is 5.32 Å². The Morgan fingerprint density at radius 2 is 2.04 bits per heavy atom. The van der Waals surface area contributed by atoms with Gasteiger partial charge in [-0.3, -0.25) is 0 Å². The van der Waals surface area contributed by atoms with Crippen molar-refractivity contribution >= 4 is 23.1 Å². The maximum absolute atomic E-state index is 13.0. The molecule has 0 unspecified atom stereocenters. The van der Waals surface area contributed by atoms with E-state index in [1.165, 1.54) is 18.4 Å². The lowest BCUT2D eigenvalue weighted by molar-refractivity contribution is 0.185. The minimum absolute atomic E-state index is 0.0142. The Morgan fingerprint density at radius 3 is 2.67 bits per heavy atom. The number of carbonyl (C=O) groups is 1. The molecule has 2 heterocycles. The first kappa shape index (κ1) is 17.8. The topological polar surface area (TPSA) is 50.2 Å². The summed E-state index contributed by atoms with van der Waals surface area (Å²) in [6.45, 7) is 2.64. The van der Waals surface area contributed by atoms with Crippen molar-refractivity contribution in [2.24, 2.45) is 0 Å². The molecule has 0 spiro atoms. The minimum atomic E-state index is -0.0142. The van der Waals surface area contributed by atoms with Crippen molar-refractivity contribution in [1.29, 1.82) is 0 Å². The smallest absolute Gasteiger partial charge is 0.317 e. The number of imidazole rings is 1. The molecule has 4 rings (SSSR count). The highest BCUT2D eigenvalue weighted by Gasteiger charge is 2.27. The SMILES string of the molecule is Cc1nccn1-c1ccc(NC(=O)N(Cc2ccsc2)C2CCCC2)cc1. The van der Waals surface area contributed by atoms with Gasteiger partial charge >= 0.3 is 6.03 Å². The van der Waals surface area contributed by atoms with Gasteiger partial charge in [0.1, 0.15) is 5.82 Å². The molecule has 0 saturated heterocycles. The Morgan fingerprint density at radius 1 is 1.26 bits per heavy atom. The Bertz CT molecular complexity index is 879. The summed E-state index contributed by atoms with van der Waals surface area (Å²) in [6.07, 6.45) is 8.32. The number of benzene rings is 1. The first-order chi connectivity index (χ1) is 13.2. The summed E-state index contributed by atoms with van der Waals surface area (Å²) in [7, 11) is 0. The molecule has 0 bridgehead atoms. The Labute approximate surface area is 163 Å². The number of hydrogen-bond acceptors (Lipinski definition) is 3. The van der Waals surface area contributed by atoms with Gasteiger partial charge in [-0.25, -0.2) is 9.78 Å². The summed E-state index contributed by atoms with van der Waals surface area (Å²) in [4.78, 5) is 19.3. The van der Waals surface area contributed by atoms with Gasteiger partial charge in [0.25, 0.3) is 0 Å². The number of aromatic nitrogens is 2. The lowest BCUT2D eigenvalue weighted by Crippen LogP contribution is -2.41. The number of thiophene rings is 1. The van der Waals surface area contributed by atoms with Crippen LogP contribution in [0.5, 0.6) is 0 Å². The molecule has 1 aliphatic carbocycles. The van der Waals surface area contributed by atoms with E-state index in [0.717, 1.165) is 30.0 Å². The van der Waals surface area contributed by atoms with Crippen LogP contribution in [0.1, 0.15) is 37.1 Å². The number of urea groups is 1. The van der Waals surface area contributed by atoms with Crippen molar-refractivity contribution in [3.8, 4) is 5.69 Å². The molecule has 6 heteroatoms. The van der Waals surface area contributed by atoms with Crippen LogP contribution in [-0.4, -0.2) is 26.5 Å². The number of amides is 2. The van der Waals surface area contributed by atoms with Crippen LogP contribution in [0.2, 0.25) is 0 Å². The second-order valence-corrected chi connectivity index (χ2v) is 7.80. The number of rotatable bonds is 5. The van der Waals surface area contributed by atoms with Gasteiger partial charge in [0.2, 0.25) is 0 Å². The molecule has 1 fully saturated rings. The highest BCUT2D eigenvalue weighted by atomic mass is 32.1. The van der Waals surface area contributed by atoms with Crippen molar-refractivity contribution < 1.29 is 4.79 Å². The third-order valence-corrected chi connectivity index (χ3v) is 5.91. The first-order valence-electron chi connectivity index (χ1n) is 9.40. The van der Waals surface area contributed by atoms with Crippen LogP contribution in [0.3, 0.4) is 0 Å². The van der Waals surface area contributed by atoms with E-state index in [0.29, 0.717) is 12.6 Å². The molecule has 3 aromatic rings. The fourth-order valence-electron chi connectivity index (χ4n) is 3.71. The van der Waals surface area contributed by atoms with E-state index in [-0.39, 0.29) is 6.03 Å². The van der Waals surface area contributed by atoms with Crippen LogP contribution in [-0.2, 0) is 6.54 Å². The van der Waals surface area contributed by atoms with Gasteiger partial charge < -0.3 is 14.8 Å². The standard InChI is InChI=1S/C21H24N4OS/c1-16-22-11-12-24(16)20-8-6-18(7-9-20)23-21(26)25(19-4-2-3-5-19)14-17-10-13-27-15-17/h6-13,15,19H,2-5,14H2,1H3,(H,23,26).